The summed E-state index contributed by atoms with van der Waals surface area (Å²) in [5, 5.41) is 5.69. The Bertz CT molecular complexity index is 409. The maximum Gasteiger partial charge on any atom is 0.319 e. The van der Waals surface area contributed by atoms with Crippen LogP contribution in [0.1, 0.15) is 25.5 Å². The fourth-order valence-electron chi connectivity index (χ4n) is 1.69. The molecule has 0 saturated carbocycles. The monoisotopic (exact) mass is 281 g/mol. The van der Waals surface area contributed by atoms with Gasteiger partial charge in [-0.25, -0.2) is 4.79 Å². The molecule has 0 spiro atoms. The lowest BCUT2D eigenvalue weighted by Gasteiger charge is -2.13. The van der Waals surface area contributed by atoms with E-state index in [1.165, 1.54) is 0 Å². The number of amides is 2. The smallest absolute Gasteiger partial charge is 0.319 e. The molecule has 5 heteroatoms. The standard InChI is InChI=1S/C14H23N3OS/c1-10(9-19-3)8-16-14(18)17-13-6-4-5-12(7-13)11(2)15/h4-7,10-11H,8-9,15H2,1-3H3,(H2,16,17,18). The van der Waals surface area contributed by atoms with Crippen LogP contribution in [0.5, 0.6) is 0 Å². The predicted molar refractivity (Wildman–Crippen MR) is 83.6 cm³/mol. The van der Waals surface area contributed by atoms with Crippen molar-refractivity contribution in [3.63, 3.8) is 0 Å². The third kappa shape index (κ3) is 5.98. The molecule has 1 aromatic rings. The maximum atomic E-state index is 11.7. The van der Waals surface area contributed by atoms with Gasteiger partial charge in [-0.05, 0) is 42.5 Å². The van der Waals surface area contributed by atoms with Gasteiger partial charge in [-0.1, -0.05) is 19.1 Å². The van der Waals surface area contributed by atoms with Crippen molar-refractivity contribution in [1.82, 2.24) is 5.32 Å². The summed E-state index contributed by atoms with van der Waals surface area (Å²) in [7, 11) is 0. The minimum absolute atomic E-state index is 0.0357. The average molecular weight is 281 g/mol. The summed E-state index contributed by atoms with van der Waals surface area (Å²) in [5.74, 6) is 1.51. The number of urea groups is 1. The number of rotatable bonds is 6. The van der Waals surface area contributed by atoms with Gasteiger partial charge in [-0.15, -0.1) is 0 Å². The van der Waals surface area contributed by atoms with Gasteiger partial charge in [0, 0.05) is 18.3 Å². The number of thioether (sulfide) groups is 1. The zero-order chi connectivity index (χ0) is 14.3. The van der Waals surface area contributed by atoms with Gasteiger partial charge in [0.2, 0.25) is 0 Å². The lowest BCUT2D eigenvalue weighted by Crippen LogP contribution is -2.33. The first-order chi connectivity index (χ1) is 9.02. The molecular weight excluding hydrogens is 258 g/mol. The van der Waals surface area contributed by atoms with Crippen LogP contribution in [-0.2, 0) is 0 Å². The van der Waals surface area contributed by atoms with Gasteiger partial charge < -0.3 is 16.4 Å². The largest absolute Gasteiger partial charge is 0.338 e. The van der Waals surface area contributed by atoms with E-state index >= 15 is 0 Å². The van der Waals surface area contributed by atoms with Crippen molar-refractivity contribution in [1.29, 1.82) is 0 Å². The van der Waals surface area contributed by atoms with E-state index in [4.69, 9.17) is 5.73 Å². The Balaban J connectivity index is 2.46. The van der Waals surface area contributed by atoms with E-state index in [-0.39, 0.29) is 12.1 Å². The molecule has 0 saturated heterocycles. The van der Waals surface area contributed by atoms with Crippen LogP contribution in [-0.4, -0.2) is 24.6 Å². The Labute approximate surface area is 119 Å². The second kappa shape index (κ2) is 8.07. The van der Waals surface area contributed by atoms with Gasteiger partial charge in [0.05, 0.1) is 0 Å². The number of hydrogen-bond acceptors (Lipinski definition) is 3. The number of nitrogens with two attached hydrogens (primary N) is 1. The Hall–Kier alpha value is -1.20. The first kappa shape index (κ1) is 15.9. The molecular formula is C14H23N3OS. The second-order valence-electron chi connectivity index (χ2n) is 4.81. The molecule has 2 unspecified atom stereocenters. The molecule has 0 fully saturated rings. The Morgan fingerprint density at radius 1 is 1.42 bits per heavy atom. The fourth-order valence-corrected chi connectivity index (χ4v) is 2.37. The van der Waals surface area contributed by atoms with Crippen molar-refractivity contribution in [2.45, 2.75) is 19.9 Å². The maximum absolute atomic E-state index is 11.7. The first-order valence-corrected chi connectivity index (χ1v) is 7.81. The number of hydrogen-bond donors (Lipinski definition) is 3. The highest BCUT2D eigenvalue weighted by atomic mass is 32.2. The quantitative estimate of drug-likeness (QED) is 0.751. The van der Waals surface area contributed by atoms with E-state index in [0.29, 0.717) is 12.5 Å². The van der Waals surface area contributed by atoms with Crippen molar-refractivity contribution < 1.29 is 4.79 Å². The van der Waals surface area contributed by atoms with Crippen molar-refractivity contribution in [2.24, 2.45) is 11.7 Å². The first-order valence-electron chi connectivity index (χ1n) is 6.42. The van der Waals surface area contributed by atoms with Crippen molar-refractivity contribution >= 4 is 23.5 Å². The average Bonchev–Trinajstić information content (AvgIpc) is 2.37. The van der Waals surface area contributed by atoms with Crippen LogP contribution in [0.4, 0.5) is 10.5 Å². The third-order valence-electron chi connectivity index (χ3n) is 2.73. The topological polar surface area (TPSA) is 67.2 Å². The summed E-state index contributed by atoms with van der Waals surface area (Å²) >= 11 is 1.78. The summed E-state index contributed by atoms with van der Waals surface area (Å²) in [6.07, 6.45) is 2.07. The third-order valence-corrected chi connectivity index (χ3v) is 3.63. The SMILES string of the molecule is CSCC(C)CNC(=O)Nc1cccc(C(C)N)c1. The molecule has 1 rings (SSSR count). The summed E-state index contributed by atoms with van der Waals surface area (Å²) in [6.45, 7) is 4.72. The van der Waals surface area contributed by atoms with E-state index in [2.05, 4.69) is 23.8 Å². The zero-order valence-corrected chi connectivity index (χ0v) is 12.6. The molecule has 0 aliphatic carbocycles. The van der Waals surface area contributed by atoms with E-state index in [1.54, 1.807) is 11.8 Å². The van der Waals surface area contributed by atoms with Crippen LogP contribution in [0, 0.1) is 5.92 Å². The Kier molecular flexibility index (Phi) is 6.73. The van der Waals surface area contributed by atoms with Crippen LogP contribution in [0.15, 0.2) is 24.3 Å². The highest BCUT2D eigenvalue weighted by molar-refractivity contribution is 7.98. The van der Waals surface area contributed by atoms with Crippen LogP contribution in [0.3, 0.4) is 0 Å². The molecule has 0 radical (unpaired) electrons. The second-order valence-corrected chi connectivity index (χ2v) is 5.72. The summed E-state index contributed by atoms with van der Waals surface area (Å²) in [4.78, 5) is 11.7. The van der Waals surface area contributed by atoms with Gasteiger partial charge in [0.15, 0.2) is 0 Å². The molecule has 0 aliphatic heterocycles. The fraction of sp³-hybridized carbons (Fsp3) is 0.500. The Morgan fingerprint density at radius 3 is 2.79 bits per heavy atom. The van der Waals surface area contributed by atoms with Crippen LogP contribution >= 0.6 is 11.8 Å². The molecule has 106 valence electrons. The molecule has 2 atom stereocenters. The number of carbonyl (C=O) groups is 1. The molecule has 19 heavy (non-hydrogen) atoms. The van der Waals surface area contributed by atoms with Crippen LogP contribution in [0.2, 0.25) is 0 Å². The minimum atomic E-state index is -0.172. The molecule has 4 nitrogen and oxygen atoms in total. The lowest BCUT2D eigenvalue weighted by atomic mass is 10.1. The predicted octanol–water partition coefficient (Wildman–Crippen LogP) is 2.83. The van der Waals surface area contributed by atoms with Crippen LogP contribution in [0.25, 0.3) is 0 Å². The molecule has 1 aromatic carbocycles. The summed E-state index contributed by atoms with van der Waals surface area (Å²) in [5.41, 5.74) is 7.59. The summed E-state index contributed by atoms with van der Waals surface area (Å²) < 4.78 is 0. The van der Waals surface area contributed by atoms with E-state index < -0.39 is 0 Å². The lowest BCUT2D eigenvalue weighted by molar-refractivity contribution is 0.251. The highest BCUT2D eigenvalue weighted by Gasteiger charge is 2.06. The molecule has 0 bridgehead atoms. The van der Waals surface area contributed by atoms with Crippen molar-refractivity contribution in [2.75, 3.05) is 23.9 Å². The van der Waals surface area contributed by atoms with Crippen molar-refractivity contribution in [3.8, 4) is 0 Å². The van der Waals surface area contributed by atoms with Gasteiger partial charge in [-0.2, -0.15) is 11.8 Å². The van der Waals surface area contributed by atoms with E-state index in [1.807, 2.05) is 31.2 Å². The van der Waals surface area contributed by atoms with Gasteiger partial charge >= 0.3 is 6.03 Å². The van der Waals surface area contributed by atoms with Crippen molar-refractivity contribution in [3.05, 3.63) is 29.8 Å². The Morgan fingerprint density at radius 2 is 2.16 bits per heavy atom. The van der Waals surface area contributed by atoms with E-state index in [0.717, 1.165) is 17.0 Å². The van der Waals surface area contributed by atoms with Gasteiger partial charge in [-0.3, -0.25) is 0 Å². The number of nitrogens with one attached hydrogen (secondary N) is 2. The molecule has 0 heterocycles. The number of benzene rings is 1. The zero-order valence-electron chi connectivity index (χ0n) is 11.8. The van der Waals surface area contributed by atoms with Gasteiger partial charge in [0.1, 0.15) is 0 Å². The summed E-state index contributed by atoms with van der Waals surface area (Å²) in [6, 6.07) is 7.40. The van der Waals surface area contributed by atoms with Crippen LogP contribution < -0.4 is 16.4 Å². The molecule has 2 amide bonds. The minimum Gasteiger partial charge on any atom is -0.338 e. The highest BCUT2D eigenvalue weighted by Crippen LogP contribution is 2.15. The molecule has 4 N–H and O–H groups in total. The molecule has 0 aromatic heterocycles. The van der Waals surface area contributed by atoms with E-state index in [9.17, 15) is 4.79 Å². The number of carbonyl (C=O) groups excluding carboxylic acids is 1. The number of anilines is 1. The van der Waals surface area contributed by atoms with Gasteiger partial charge in [0.25, 0.3) is 0 Å². The molecule has 0 aliphatic rings. The normalized spacial score (nSPS) is 13.7.